The first-order valence-electron chi connectivity index (χ1n) is 7.63. The van der Waals surface area contributed by atoms with Crippen LogP contribution in [-0.2, 0) is 4.79 Å². The Kier molecular flexibility index (Phi) is 8.32. The number of carboxylic acid groups (broad SMARTS) is 2. The van der Waals surface area contributed by atoms with E-state index in [0.717, 1.165) is 11.1 Å². The zero-order valence-corrected chi connectivity index (χ0v) is 15.3. The van der Waals surface area contributed by atoms with Crippen molar-refractivity contribution in [1.82, 2.24) is 0 Å². The van der Waals surface area contributed by atoms with Gasteiger partial charge in [-0.1, -0.05) is 42.0 Å². The smallest absolute Gasteiger partial charge is 0.335 e. The van der Waals surface area contributed by atoms with E-state index >= 15 is 0 Å². The number of aromatic carboxylic acids is 1. The molecular formula is C19H19Cl2NO4. The number of halogens is 2. The summed E-state index contributed by atoms with van der Waals surface area (Å²) in [5.74, 6) is -2.19. The molecule has 0 aliphatic rings. The first-order chi connectivity index (χ1) is 11.9. The van der Waals surface area contributed by atoms with Gasteiger partial charge in [-0.3, -0.25) is 4.79 Å². The molecule has 0 radical (unpaired) electrons. The predicted molar refractivity (Wildman–Crippen MR) is 105 cm³/mol. The summed E-state index contributed by atoms with van der Waals surface area (Å²) in [6.07, 6.45) is 3.47. The Hall–Kier alpha value is -2.34. The molecule has 0 bridgehead atoms. The molecule has 4 N–H and O–H groups in total. The molecule has 5 nitrogen and oxygen atoms in total. The number of rotatable bonds is 7. The Morgan fingerprint density at radius 3 is 2.46 bits per heavy atom. The average molecular weight is 396 g/mol. The molecule has 2 aromatic rings. The van der Waals surface area contributed by atoms with Crippen LogP contribution in [0.15, 0.2) is 42.5 Å². The summed E-state index contributed by atoms with van der Waals surface area (Å²) in [4.78, 5) is 22.0. The first kappa shape index (κ1) is 21.7. The molecule has 0 fully saturated rings. The van der Waals surface area contributed by atoms with Crippen LogP contribution in [0.4, 0.5) is 0 Å². The van der Waals surface area contributed by atoms with Gasteiger partial charge in [0.05, 0.1) is 12.0 Å². The minimum atomic E-state index is -0.991. The fourth-order valence-electron chi connectivity index (χ4n) is 2.45. The van der Waals surface area contributed by atoms with E-state index in [1.807, 2.05) is 0 Å². The van der Waals surface area contributed by atoms with E-state index in [1.54, 1.807) is 48.6 Å². The van der Waals surface area contributed by atoms with Gasteiger partial charge in [0.15, 0.2) is 0 Å². The van der Waals surface area contributed by atoms with Crippen LogP contribution in [0.2, 0.25) is 5.02 Å². The third-order valence-electron chi connectivity index (χ3n) is 3.79. The van der Waals surface area contributed by atoms with Crippen molar-refractivity contribution in [3.8, 4) is 0 Å². The molecule has 0 aliphatic carbocycles. The maximum Gasteiger partial charge on any atom is 0.335 e. The summed E-state index contributed by atoms with van der Waals surface area (Å²) in [6, 6.07) is 11.8. The van der Waals surface area contributed by atoms with Crippen LogP contribution in [0.5, 0.6) is 0 Å². The highest BCUT2D eigenvalue weighted by Gasteiger charge is 2.15. The van der Waals surface area contributed by atoms with E-state index in [9.17, 15) is 9.59 Å². The molecule has 0 saturated heterocycles. The van der Waals surface area contributed by atoms with Gasteiger partial charge in [0, 0.05) is 10.9 Å². The van der Waals surface area contributed by atoms with Crippen molar-refractivity contribution < 1.29 is 19.8 Å². The standard InChI is InChI=1S/C19H18ClNO4.ClH/c20-17-7-6-13(16(11-21)10-18(22)23)9-14(17)5-4-12-2-1-3-15(8-12)19(24)25;/h1-9,16H,10-11,21H2,(H,22,23)(H,24,25);1H/t16-;/m0./s1. The normalized spacial score (nSPS) is 11.8. The molecule has 1 atom stereocenters. The summed E-state index contributed by atoms with van der Waals surface area (Å²) < 4.78 is 0. The number of carbonyl (C=O) groups is 2. The lowest BCUT2D eigenvalue weighted by Gasteiger charge is -2.14. The summed E-state index contributed by atoms with van der Waals surface area (Å²) >= 11 is 6.20. The Morgan fingerprint density at radius 2 is 1.85 bits per heavy atom. The average Bonchev–Trinajstić information content (AvgIpc) is 2.59. The summed E-state index contributed by atoms with van der Waals surface area (Å²) in [7, 11) is 0. The number of hydrogen-bond donors (Lipinski definition) is 3. The van der Waals surface area contributed by atoms with Gasteiger partial charge in [0.25, 0.3) is 0 Å². The van der Waals surface area contributed by atoms with Gasteiger partial charge in [0.2, 0.25) is 0 Å². The van der Waals surface area contributed by atoms with Gasteiger partial charge in [-0.15, -0.1) is 12.4 Å². The molecule has 0 saturated carbocycles. The highest BCUT2D eigenvalue weighted by atomic mass is 35.5. The Morgan fingerprint density at radius 1 is 1.12 bits per heavy atom. The maximum atomic E-state index is 11.0. The van der Waals surface area contributed by atoms with E-state index in [0.29, 0.717) is 10.6 Å². The fraction of sp³-hybridized carbons (Fsp3) is 0.158. The van der Waals surface area contributed by atoms with Gasteiger partial charge >= 0.3 is 11.9 Å². The predicted octanol–water partition coefficient (Wildman–Crippen LogP) is 4.15. The van der Waals surface area contributed by atoms with E-state index in [-0.39, 0.29) is 36.9 Å². The molecule has 0 unspecified atom stereocenters. The first-order valence-corrected chi connectivity index (χ1v) is 8.01. The van der Waals surface area contributed by atoms with Crippen molar-refractivity contribution in [2.45, 2.75) is 12.3 Å². The van der Waals surface area contributed by atoms with Crippen molar-refractivity contribution in [2.24, 2.45) is 5.73 Å². The van der Waals surface area contributed by atoms with Crippen LogP contribution < -0.4 is 5.73 Å². The van der Waals surface area contributed by atoms with Crippen LogP contribution in [0.25, 0.3) is 12.2 Å². The lowest BCUT2D eigenvalue weighted by atomic mass is 9.94. The fourth-order valence-corrected chi connectivity index (χ4v) is 2.63. The molecule has 0 aromatic heterocycles. The SMILES string of the molecule is Cl.NC[C@H](CC(=O)O)c1ccc(Cl)c(C=Cc2cccc(C(=O)O)c2)c1. The zero-order valence-electron chi connectivity index (χ0n) is 13.8. The van der Waals surface area contributed by atoms with Gasteiger partial charge in [-0.2, -0.15) is 0 Å². The van der Waals surface area contributed by atoms with Gasteiger partial charge in [0.1, 0.15) is 0 Å². The molecule has 0 aliphatic heterocycles. The third kappa shape index (κ3) is 5.88. The zero-order chi connectivity index (χ0) is 18.4. The van der Waals surface area contributed by atoms with Gasteiger partial charge < -0.3 is 15.9 Å². The molecular weight excluding hydrogens is 377 g/mol. The molecule has 138 valence electrons. The molecule has 0 spiro atoms. The molecule has 7 heteroatoms. The second kappa shape index (κ2) is 9.97. The minimum absolute atomic E-state index is 0. The molecule has 0 amide bonds. The van der Waals surface area contributed by atoms with Crippen molar-refractivity contribution in [2.75, 3.05) is 6.54 Å². The summed E-state index contributed by atoms with van der Waals surface area (Å²) in [6.45, 7) is 0.220. The molecule has 0 heterocycles. The second-order valence-electron chi connectivity index (χ2n) is 5.58. The number of hydrogen-bond acceptors (Lipinski definition) is 3. The highest BCUT2D eigenvalue weighted by Crippen LogP contribution is 2.26. The van der Waals surface area contributed by atoms with Crippen LogP contribution in [-0.4, -0.2) is 28.7 Å². The third-order valence-corrected chi connectivity index (χ3v) is 4.13. The highest BCUT2D eigenvalue weighted by molar-refractivity contribution is 6.32. The van der Waals surface area contributed by atoms with E-state index < -0.39 is 11.9 Å². The molecule has 2 aromatic carbocycles. The number of nitrogens with two attached hydrogens (primary N) is 1. The minimum Gasteiger partial charge on any atom is -0.481 e. The van der Waals surface area contributed by atoms with Crippen molar-refractivity contribution in [3.63, 3.8) is 0 Å². The van der Waals surface area contributed by atoms with Crippen molar-refractivity contribution in [1.29, 1.82) is 0 Å². The lowest BCUT2D eigenvalue weighted by Crippen LogP contribution is -2.16. The maximum absolute atomic E-state index is 11.0. The van der Waals surface area contributed by atoms with E-state index in [2.05, 4.69) is 0 Å². The van der Waals surface area contributed by atoms with Crippen molar-refractivity contribution in [3.05, 3.63) is 69.7 Å². The Labute approximate surface area is 162 Å². The molecule has 2 rings (SSSR count). The van der Waals surface area contributed by atoms with Crippen molar-refractivity contribution >= 4 is 48.1 Å². The van der Waals surface area contributed by atoms with Gasteiger partial charge in [-0.05, 0) is 47.5 Å². The Balaban J connectivity index is 0.00000338. The number of carboxylic acids is 2. The topological polar surface area (TPSA) is 101 Å². The van der Waals surface area contributed by atoms with Crippen LogP contribution in [0.3, 0.4) is 0 Å². The van der Waals surface area contributed by atoms with E-state index in [1.165, 1.54) is 6.07 Å². The summed E-state index contributed by atoms with van der Waals surface area (Å²) in [5, 5.41) is 18.5. The van der Waals surface area contributed by atoms with Crippen LogP contribution in [0.1, 0.15) is 39.4 Å². The largest absolute Gasteiger partial charge is 0.481 e. The lowest BCUT2D eigenvalue weighted by molar-refractivity contribution is -0.137. The van der Waals surface area contributed by atoms with Gasteiger partial charge in [-0.25, -0.2) is 4.79 Å². The monoisotopic (exact) mass is 395 g/mol. The van der Waals surface area contributed by atoms with Crippen LogP contribution >= 0.6 is 24.0 Å². The quantitative estimate of drug-likeness (QED) is 0.611. The number of benzene rings is 2. The summed E-state index contributed by atoms with van der Waals surface area (Å²) in [5.41, 5.74) is 8.12. The van der Waals surface area contributed by atoms with E-state index in [4.69, 9.17) is 27.5 Å². The Bertz CT molecular complexity index is 821. The van der Waals surface area contributed by atoms with Crippen LogP contribution in [0, 0.1) is 0 Å². The number of aliphatic carboxylic acids is 1. The second-order valence-corrected chi connectivity index (χ2v) is 5.98. The molecule has 26 heavy (non-hydrogen) atoms.